The van der Waals surface area contributed by atoms with Crippen molar-refractivity contribution in [1.29, 1.82) is 0 Å². The summed E-state index contributed by atoms with van der Waals surface area (Å²) in [4.78, 5) is 50.7. The quantitative estimate of drug-likeness (QED) is 0.201. The van der Waals surface area contributed by atoms with Gasteiger partial charge in [0, 0.05) is 6.20 Å². The molecule has 0 spiro atoms. The monoisotopic (exact) mass is 499 g/mol. The Morgan fingerprint density at radius 3 is 2.28 bits per heavy atom. The molecule has 1 aliphatic heterocycles. The third kappa shape index (κ3) is 6.94. The second-order valence-electron chi connectivity index (χ2n) is 5.48. The molecule has 20 heteroatoms. The number of aliphatic hydroxyl groups excluding tert-OH is 2. The normalized spacial score (nSPS) is 29.3. The van der Waals surface area contributed by atoms with E-state index in [9.17, 15) is 33.6 Å². The fraction of sp³-hybridized carbons (Fsp3) is 0.556. The van der Waals surface area contributed by atoms with Crippen molar-refractivity contribution in [2.24, 2.45) is 0 Å². The molecule has 0 bridgehead atoms. The van der Waals surface area contributed by atoms with Gasteiger partial charge in [-0.05, 0) is 6.07 Å². The van der Waals surface area contributed by atoms with E-state index in [-0.39, 0.29) is 5.82 Å². The Bertz CT molecular complexity index is 951. The number of nitrogens with two attached hydrogens (primary N) is 1. The number of aromatic nitrogens is 2. The van der Waals surface area contributed by atoms with Crippen molar-refractivity contribution in [2.75, 3.05) is 12.3 Å². The zero-order valence-electron chi connectivity index (χ0n) is 13.9. The highest BCUT2D eigenvalue weighted by atomic mass is 32.2. The number of rotatable bonds is 8. The molecule has 8 N–H and O–H groups in total. The first-order chi connectivity index (χ1) is 13.1. The van der Waals surface area contributed by atoms with Crippen LogP contribution < -0.4 is 11.4 Å². The van der Waals surface area contributed by atoms with E-state index in [1.54, 1.807) is 0 Å². The Balaban J connectivity index is 2.05. The average Bonchev–Trinajstić information content (AvgIpc) is 2.78. The minimum absolute atomic E-state index is 0.0755. The molecule has 0 radical (unpaired) electrons. The Labute approximate surface area is 165 Å². The fourth-order valence-corrected chi connectivity index (χ4v) is 6.77. The highest BCUT2D eigenvalue weighted by molar-refractivity contribution is 8.00. The fourth-order valence-electron chi connectivity index (χ4n) is 2.19. The average molecular weight is 499 g/mol. The minimum atomic E-state index is -5.68. The Kier molecular flexibility index (Phi) is 7.51. The van der Waals surface area contributed by atoms with Gasteiger partial charge in [0.15, 0.2) is 0 Å². The maximum Gasteiger partial charge on any atom is 0.490 e. The maximum absolute atomic E-state index is 11.9. The molecule has 1 aromatic heterocycles. The van der Waals surface area contributed by atoms with Crippen molar-refractivity contribution in [3.8, 4) is 0 Å². The van der Waals surface area contributed by atoms with Crippen LogP contribution in [-0.2, 0) is 26.8 Å². The summed E-state index contributed by atoms with van der Waals surface area (Å²) in [7, 11) is -16.6. The van der Waals surface area contributed by atoms with Crippen LogP contribution in [0.4, 0.5) is 5.82 Å². The first kappa shape index (κ1) is 24.6. The molecule has 2 rings (SSSR count). The SMILES string of the molecule is Nc1ccn([C@@H]2S[C@H](COP(=O)(O)OP(=O)(O)OP(=O)(O)O)[C@@H](O)[C@@H]2O)c(=O)n1. The van der Waals surface area contributed by atoms with Crippen LogP contribution in [0.1, 0.15) is 5.37 Å². The molecule has 0 amide bonds. The smallest absolute Gasteiger partial charge is 0.389 e. The van der Waals surface area contributed by atoms with Gasteiger partial charge in [-0.15, -0.1) is 11.8 Å². The second kappa shape index (κ2) is 8.85. The lowest BCUT2D eigenvalue weighted by Crippen LogP contribution is -2.36. The zero-order valence-corrected chi connectivity index (χ0v) is 17.4. The molecule has 0 aliphatic carbocycles. The molecule has 16 nitrogen and oxygen atoms in total. The Morgan fingerprint density at radius 1 is 1.10 bits per heavy atom. The Morgan fingerprint density at radius 2 is 1.72 bits per heavy atom. The molecule has 29 heavy (non-hydrogen) atoms. The summed E-state index contributed by atoms with van der Waals surface area (Å²) in [6.45, 7) is -0.833. The predicted octanol–water partition coefficient (Wildman–Crippen LogP) is -1.50. The highest BCUT2D eigenvalue weighted by Gasteiger charge is 2.46. The molecule has 0 aromatic carbocycles. The van der Waals surface area contributed by atoms with Gasteiger partial charge < -0.3 is 35.5 Å². The molecule has 1 saturated heterocycles. The summed E-state index contributed by atoms with van der Waals surface area (Å²) in [6, 6.07) is 1.26. The molecule has 166 valence electrons. The first-order valence-electron chi connectivity index (χ1n) is 7.25. The van der Waals surface area contributed by atoms with E-state index in [0.29, 0.717) is 0 Å². The molecule has 0 saturated carbocycles. The van der Waals surface area contributed by atoms with Gasteiger partial charge in [-0.1, -0.05) is 0 Å². The highest BCUT2D eigenvalue weighted by Crippen LogP contribution is 2.66. The second-order valence-corrected chi connectivity index (χ2v) is 11.3. The lowest BCUT2D eigenvalue weighted by molar-refractivity contribution is 0.00998. The van der Waals surface area contributed by atoms with Crippen LogP contribution in [0.5, 0.6) is 0 Å². The molecule has 1 fully saturated rings. The van der Waals surface area contributed by atoms with Gasteiger partial charge in [-0.3, -0.25) is 9.09 Å². The summed E-state index contributed by atoms with van der Waals surface area (Å²) < 4.78 is 46.0. The van der Waals surface area contributed by atoms with Gasteiger partial charge in [-0.25, -0.2) is 18.5 Å². The van der Waals surface area contributed by atoms with Crippen molar-refractivity contribution in [3.63, 3.8) is 0 Å². The largest absolute Gasteiger partial charge is 0.490 e. The molecular weight excluding hydrogens is 483 g/mol. The van der Waals surface area contributed by atoms with Crippen molar-refractivity contribution in [1.82, 2.24) is 9.55 Å². The lowest BCUT2D eigenvalue weighted by atomic mass is 10.1. The molecule has 1 aliphatic rings. The lowest BCUT2D eigenvalue weighted by Gasteiger charge is -2.19. The first-order valence-corrected chi connectivity index (χ1v) is 12.7. The van der Waals surface area contributed by atoms with Crippen LogP contribution in [0.25, 0.3) is 0 Å². The van der Waals surface area contributed by atoms with Gasteiger partial charge in [0.2, 0.25) is 0 Å². The number of nitrogen functional groups attached to an aromatic ring is 1. The molecular formula is C9H16N3O13P3S. The van der Waals surface area contributed by atoms with Crippen molar-refractivity contribution < 1.29 is 56.6 Å². The maximum atomic E-state index is 11.9. The van der Waals surface area contributed by atoms with Gasteiger partial charge in [0.05, 0.1) is 18.0 Å². The van der Waals surface area contributed by atoms with E-state index in [1.807, 2.05) is 0 Å². The zero-order chi connectivity index (χ0) is 22.2. The van der Waals surface area contributed by atoms with Crippen LogP contribution >= 0.6 is 35.2 Å². The number of nitrogens with zero attached hydrogens (tertiary/aromatic N) is 2. The van der Waals surface area contributed by atoms with E-state index in [2.05, 4.69) is 18.1 Å². The van der Waals surface area contributed by atoms with E-state index < -0.39 is 58.6 Å². The van der Waals surface area contributed by atoms with Crippen LogP contribution in [0.3, 0.4) is 0 Å². The predicted molar refractivity (Wildman–Crippen MR) is 95.2 cm³/mol. The van der Waals surface area contributed by atoms with Crippen LogP contribution in [0.15, 0.2) is 17.1 Å². The summed E-state index contributed by atoms with van der Waals surface area (Å²) in [5.74, 6) is -0.0755. The summed E-state index contributed by atoms with van der Waals surface area (Å²) in [5, 5.41) is 18.0. The summed E-state index contributed by atoms with van der Waals surface area (Å²) >= 11 is 0.751. The third-order valence-electron chi connectivity index (χ3n) is 3.28. The summed E-state index contributed by atoms with van der Waals surface area (Å²) in [6.07, 6.45) is -1.89. The molecule has 2 heterocycles. The van der Waals surface area contributed by atoms with Crippen molar-refractivity contribution >= 4 is 41.0 Å². The van der Waals surface area contributed by atoms with E-state index in [0.717, 1.165) is 16.3 Å². The number of phosphoric acid groups is 3. The van der Waals surface area contributed by atoms with Gasteiger partial charge in [-0.2, -0.15) is 13.6 Å². The van der Waals surface area contributed by atoms with Crippen molar-refractivity contribution in [3.05, 3.63) is 22.7 Å². The summed E-state index contributed by atoms with van der Waals surface area (Å²) in [5.41, 5.74) is 4.53. The topological polar surface area (TPSA) is 261 Å². The standard InChI is InChI=1S/C9H16N3O13P3S/c10-5-1-2-12(9(15)11-5)8-7(14)6(13)4(29-8)3-23-27(19,20)25-28(21,22)24-26(16,17)18/h1-2,4,6-8,13-14H,3H2,(H,19,20)(H,21,22)(H2,10,11,15)(H2,16,17,18)/t4-,6-,7+,8-/m1/s1. The number of phosphoric ester groups is 1. The number of thioether (sulfide) groups is 1. The van der Waals surface area contributed by atoms with Crippen LogP contribution in [-0.4, -0.2) is 63.4 Å². The van der Waals surface area contributed by atoms with Gasteiger partial charge in [0.25, 0.3) is 0 Å². The van der Waals surface area contributed by atoms with E-state index in [1.165, 1.54) is 12.3 Å². The molecule has 1 aromatic rings. The number of aliphatic hydroxyl groups is 2. The number of anilines is 1. The van der Waals surface area contributed by atoms with E-state index in [4.69, 9.17) is 20.4 Å². The molecule has 2 unspecified atom stereocenters. The Hall–Kier alpha value is -0.640. The van der Waals surface area contributed by atoms with E-state index >= 15 is 0 Å². The van der Waals surface area contributed by atoms with Crippen LogP contribution in [0, 0.1) is 0 Å². The molecule has 6 atom stereocenters. The number of hydrogen-bond donors (Lipinski definition) is 7. The third-order valence-corrected chi connectivity index (χ3v) is 8.63. The number of hydrogen-bond acceptors (Lipinski definition) is 12. The van der Waals surface area contributed by atoms with Crippen molar-refractivity contribution in [2.45, 2.75) is 22.8 Å². The minimum Gasteiger partial charge on any atom is -0.389 e. The van der Waals surface area contributed by atoms with Crippen LogP contribution in [0.2, 0.25) is 0 Å². The van der Waals surface area contributed by atoms with Gasteiger partial charge in [0.1, 0.15) is 17.3 Å². The van der Waals surface area contributed by atoms with Gasteiger partial charge >= 0.3 is 29.2 Å².